The molecule has 0 bridgehead atoms. The van der Waals surface area contributed by atoms with Gasteiger partial charge in [0.1, 0.15) is 0 Å². The Kier molecular flexibility index (Phi) is 8.86. The fourth-order valence-electron chi connectivity index (χ4n) is 4.48. The molecule has 1 aromatic carbocycles. The number of pyridine rings is 1. The summed E-state index contributed by atoms with van der Waals surface area (Å²) in [6.07, 6.45) is 6.24. The second-order valence-corrected chi connectivity index (χ2v) is 7.71. The highest BCUT2D eigenvalue weighted by molar-refractivity contribution is 5.86. The van der Waals surface area contributed by atoms with Gasteiger partial charge in [-0.2, -0.15) is 0 Å². The monoisotopic (exact) mass is 459 g/mol. The summed E-state index contributed by atoms with van der Waals surface area (Å²) in [5.41, 5.74) is 4.15. The van der Waals surface area contributed by atoms with Gasteiger partial charge in [-0.15, -0.1) is 37.2 Å². The number of fused-ring (bicyclic) bond motifs is 2. The Morgan fingerprint density at radius 1 is 1.00 bits per heavy atom. The van der Waals surface area contributed by atoms with Gasteiger partial charge in [-0.3, -0.25) is 14.8 Å². The van der Waals surface area contributed by atoms with Gasteiger partial charge in [0.05, 0.1) is 0 Å². The predicted octanol–water partition coefficient (Wildman–Crippen LogP) is 3.96. The molecule has 3 aliphatic heterocycles. The number of rotatable bonds is 4. The van der Waals surface area contributed by atoms with Crippen molar-refractivity contribution in [1.82, 2.24) is 14.8 Å². The van der Waals surface area contributed by atoms with E-state index in [2.05, 4.69) is 33.0 Å². The molecule has 0 N–H and O–H groups in total. The second kappa shape index (κ2) is 10.7. The molecule has 1 unspecified atom stereocenters. The lowest BCUT2D eigenvalue weighted by Crippen LogP contribution is -2.35. The van der Waals surface area contributed by atoms with Gasteiger partial charge >= 0.3 is 0 Å². The van der Waals surface area contributed by atoms with Crippen LogP contribution >= 0.6 is 37.2 Å². The van der Waals surface area contributed by atoms with Crippen LogP contribution in [-0.2, 0) is 19.5 Å². The third kappa shape index (κ3) is 5.47. The number of nitrogens with zero attached hydrogens (tertiary/aromatic N) is 3. The van der Waals surface area contributed by atoms with Gasteiger partial charge in [0, 0.05) is 45.1 Å². The second-order valence-electron chi connectivity index (χ2n) is 7.71. The lowest BCUT2D eigenvalue weighted by molar-refractivity contribution is 0.174. The largest absolute Gasteiger partial charge is 0.454 e. The molecule has 1 fully saturated rings. The van der Waals surface area contributed by atoms with Gasteiger partial charge in [0.15, 0.2) is 11.5 Å². The molecule has 0 aliphatic carbocycles. The van der Waals surface area contributed by atoms with Crippen LogP contribution in [0.1, 0.15) is 23.1 Å². The summed E-state index contributed by atoms with van der Waals surface area (Å²) in [5, 5.41) is 0. The average molecular weight is 461 g/mol. The van der Waals surface area contributed by atoms with Gasteiger partial charge < -0.3 is 9.47 Å². The van der Waals surface area contributed by atoms with Gasteiger partial charge in [-0.1, -0.05) is 6.07 Å². The highest BCUT2D eigenvalue weighted by Crippen LogP contribution is 2.37. The molecule has 0 spiro atoms. The van der Waals surface area contributed by atoms with Gasteiger partial charge in [0.25, 0.3) is 0 Å². The summed E-state index contributed by atoms with van der Waals surface area (Å²) < 4.78 is 11.1. The zero-order valence-electron chi connectivity index (χ0n) is 16.3. The zero-order valence-corrected chi connectivity index (χ0v) is 18.7. The van der Waals surface area contributed by atoms with E-state index in [1.807, 2.05) is 18.5 Å². The van der Waals surface area contributed by atoms with E-state index in [0.29, 0.717) is 6.79 Å². The highest BCUT2D eigenvalue weighted by Gasteiger charge is 2.27. The van der Waals surface area contributed by atoms with Crippen LogP contribution in [0, 0.1) is 5.92 Å². The van der Waals surface area contributed by atoms with Crippen molar-refractivity contribution in [3.8, 4) is 11.5 Å². The lowest BCUT2D eigenvalue weighted by atomic mass is 9.97. The molecule has 3 aliphatic rings. The molecule has 1 aromatic heterocycles. The Labute approximate surface area is 191 Å². The summed E-state index contributed by atoms with van der Waals surface area (Å²) in [5.74, 6) is 2.59. The topological polar surface area (TPSA) is 37.8 Å². The van der Waals surface area contributed by atoms with E-state index in [-0.39, 0.29) is 37.2 Å². The van der Waals surface area contributed by atoms with Crippen LogP contribution < -0.4 is 9.47 Å². The molecule has 160 valence electrons. The van der Waals surface area contributed by atoms with Crippen LogP contribution in [0.15, 0.2) is 36.7 Å². The number of hydrogen-bond acceptors (Lipinski definition) is 5. The van der Waals surface area contributed by atoms with Gasteiger partial charge in [-0.05, 0) is 60.2 Å². The van der Waals surface area contributed by atoms with Crippen LogP contribution in [0.2, 0.25) is 0 Å². The number of benzene rings is 1. The third-order valence-electron chi connectivity index (χ3n) is 5.80. The Hall–Kier alpha value is -1.24. The van der Waals surface area contributed by atoms with Crippen molar-refractivity contribution in [3.05, 3.63) is 53.3 Å². The average Bonchev–Trinajstić information content (AvgIpc) is 3.29. The molecule has 8 heteroatoms. The first-order valence-corrected chi connectivity index (χ1v) is 9.58. The molecule has 5 rings (SSSR count). The van der Waals surface area contributed by atoms with Crippen molar-refractivity contribution in [2.75, 3.05) is 33.0 Å². The molecule has 0 amide bonds. The first-order valence-electron chi connectivity index (χ1n) is 9.58. The van der Waals surface area contributed by atoms with Crippen LogP contribution in [0.3, 0.4) is 0 Å². The number of aromatic nitrogens is 1. The van der Waals surface area contributed by atoms with Crippen molar-refractivity contribution in [1.29, 1.82) is 0 Å². The van der Waals surface area contributed by atoms with E-state index >= 15 is 0 Å². The van der Waals surface area contributed by atoms with Crippen LogP contribution in [0.25, 0.3) is 0 Å². The minimum Gasteiger partial charge on any atom is -0.454 e. The van der Waals surface area contributed by atoms with Crippen LogP contribution in [-0.4, -0.2) is 47.8 Å². The van der Waals surface area contributed by atoms with E-state index in [4.69, 9.17) is 9.47 Å². The summed E-state index contributed by atoms with van der Waals surface area (Å²) in [6.45, 7) is 7.14. The predicted molar refractivity (Wildman–Crippen MR) is 121 cm³/mol. The fraction of sp³-hybridized carbons (Fsp3) is 0.476. The SMILES string of the molecule is Cl.Cl.Cl.c1cncc(CN2CCC(CN3CCc4cc5c(cc4C3)OCO5)C2)c1. The van der Waals surface area contributed by atoms with Gasteiger partial charge in [0.2, 0.25) is 6.79 Å². The smallest absolute Gasteiger partial charge is 0.231 e. The summed E-state index contributed by atoms with van der Waals surface area (Å²) >= 11 is 0. The van der Waals surface area contributed by atoms with E-state index < -0.39 is 0 Å². The van der Waals surface area contributed by atoms with Crippen molar-refractivity contribution >= 4 is 37.2 Å². The normalized spacial score (nSPS) is 20.2. The standard InChI is InChI=1S/C21H25N3O2.3ClH/c1-2-16(10-22-5-1)11-23-6-3-17(12-23)13-24-7-4-18-8-20-21(26-15-25-20)9-19(18)14-24;;;/h1-2,5,8-10,17H,3-4,6-7,11-15H2;3*1H. The summed E-state index contributed by atoms with van der Waals surface area (Å²) in [6, 6.07) is 8.57. The van der Waals surface area contributed by atoms with Gasteiger partial charge in [-0.25, -0.2) is 0 Å². The van der Waals surface area contributed by atoms with E-state index in [0.717, 1.165) is 43.5 Å². The Balaban J connectivity index is 0.000001000. The number of halogens is 3. The maximum atomic E-state index is 5.55. The van der Waals surface area contributed by atoms with Crippen LogP contribution in [0.5, 0.6) is 11.5 Å². The van der Waals surface area contributed by atoms with Crippen molar-refractivity contribution in [2.45, 2.75) is 25.9 Å². The molecule has 1 saturated heterocycles. The van der Waals surface area contributed by atoms with Crippen molar-refractivity contribution < 1.29 is 9.47 Å². The molecular formula is C21H28Cl3N3O2. The molecule has 0 saturated carbocycles. The molecule has 29 heavy (non-hydrogen) atoms. The molecule has 2 aromatic rings. The number of likely N-dealkylation sites (tertiary alicyclic amines) is 1. The first kappa shape index (κ1) is 24.0. The first-order chi connectivity index (χ1) is 12.8. The van der Waals surface area contributed by atoms with Crippen LogP contribution in [0.4, 0.5) is 0 Å². The van der Waals surface area contributed by atoms with E-state index in [9.17, 15) is 0 Å². The summed E-state index contributed by atoms with van der Waals surface area (Å²) in [4.78, 5) is 9.41. The third-order valence-corrected chi connectivity index (χ3v) is 5.80. The minimum absolute atomic E-state index is 0. The van der Waals surface area contributed by atoms with Crippen molar-refractivity contribution in [2.24, 2.45) is 5.92 Å². The molecule has 1 atom stereocenters. The van der Waals surface area contributed by atoms with Crippen molar-refractivity contribution in [3.63, 3.8) is 0 Å². The minimum atomic E-state index is 0. The van der Waals surface area contributed by atoms with E-state index in [1.54, 1.807) is 0 Å². The Morgan fingerprint density at radius 2 is 1.79 bits per heavy atom. The molecule has 5 nitrogen and oxygen atoms in total. The highest BCUT2D eigenvalue weighted by atomic mass is 35.5. The maximum Gasteiger partial charge on any atom is 0.231 e. The lowest BCUT2D eigenvalue weighted by Gasteiger charge is -2.31. The Bertz CT molecular complexity index is 794. The van der Waals surface area contributed by atoms with E-state index in [1.165, 1.54) is 42.7 Å². The maximum absolute atomic E-state index is 5.55. The Morgan fingerprint density at radius 3 is 2.55 bits per heavy atom. The quantitative estimate of drug-likeness (QED) is 0.690. The molecule has 0 radical (unpaired) electrons. The number of hydrogen-bond donors (Lipinski definition) is 0. The molecular weight excluding hydrogens is 433 g/mol. The number of ether oxygens (including phenoxy) is 2. The fourth-order valence-corrected chi connectivity index (χ4v) is 4.48. The zero-order chi connectivity index (χ0) is 17.3. The summed E-state index contributed by atoms with van der Waals surface area (Å²) in [7, 11) is 0. The molecule has 4 heterocycles.